The molecule has 0 atom stereocenters. The van der Waals surface area contributed by atoms with Crippen LogP contribution in [0.3, 0.4) is 0 Å². The maximum atomic E-state index is 6.08. The second-order valence-electron chi connectivity index (χ2n) is 7.89. The van der Waals surface area contributed by atoms with Gasteiger partial charge in [-0.3, -0.25) is 0 Å². The molecule has 0 saturated carbocycles. The molecule has 124 valence electrons. The van der Waals surface area contributed by atoms with Gasteiger partial charge in [-0.25, -0.2) is 0 Å². The molecule has 0 aliphatic heterocycles. The van der Waals surface area contributed by atoms with Gasteiger partial charge < -0.3 is 18.0 Å². The molecule has 0 aromatic rings. The van der Waals surface area contributed by atoms with Gasteiger partial charge in [-0.15, -0.1) is 0 Å². The monoisotopic (exact) mass is 348 g/mol. The Hall–Kier alpha value is -0.669. The number of methoxy groups -OCH3 is 1. The molecule has 0 unspecified atom stereocenters. The molecule has 0 saturated heterocycles. The van der Waals surface area contributed by atoms with Crippen LogP contribution in [0.25, 0.3) is 0 Å². The van der Waals surface area contributed by atoms with Crippen molar-refractivity contribution in [3.05, 3.63) is 24.0 Å². The molecule has 4 nitrogen and oxygen atoms in total. The SMILES string of the molecule is C=C(O[Si](C)(C)C)C(OC)=C(O[Si](C)(C)C)O[Si](C)(C)C. The molecule has 0 aliphatic carbocycles. The zero-order chi connectivity index (χ0) is 17.1. The summed E-state index contributed by atoms with van der Waals surface area (Å²) in [5.41, 5.74) is 0. The Morgan fingerprint density at radius 1 is 0.667 bits per heavy atom. The summed E-state index contributed by atoms with van der Waals surface area (Å²) in [6.45, 7) is 22.9. The molecule has 0 heterocycles. The van der Waals surface area contributed by atoms with E-state index in [4.69, 9.17) is 18.0 Å². The first-order valence-corrected chi connectivity index (χ1v) is 17.4. The van der Waals surface area contributed by atoms with Crippen LogP contribution in [0.5, 0.6) is 0 Å². The Bertz CT molecular complexity index is 380. The smallest absolute Gasteiger partial charge is 0.299 e. The molecular formula is C14H32O4Si3. The van der Waals surface area contributed by atoms with Crippen molar-refractivity contribution in [1.82, 2.24) is 0 Å². The summed E-state index contributed by atoms with van der Waals surface area (Å²) >= 11 is 0. The predicted octanol–water partition coefficient (Wildman–Crippen LogP) is 4.87. The summed E-state index contributed by atoms with van der Waals surface area (Å²) in [6, 6.07) is 0. The first-order chi connectivity index (χ1) is 9.14. The Kier molecular flexibility index (Phi) is 6.84. The second kappa shape index (κ2) is 7.06. The van der Waals surface area contributed by atoms with Crippen LogP contribution in [0.4, 0.5) is 0 Å². The lowest BCUT2D eigenvalue weighted by Gasteiger charge is -2.30. The van der Waals surface area contributed by atoms with Gasteiger partial charge in [0.05, 0.1) is 7.11 Å². The number of rotatable bonds is 8. The van der Waals surface area contributed by atoms with E-state index in [1.54, 1.807) is 7.11 Å². The van der Waals surface area contributed by atoms with Crippen molar-refractivity contribution in [3.63, 3.8) is 0 Å². The molecule has 0 fully saturated rings. The van der Waals surface area contributed by atoms with Crippen molar-refractivity contribution in [2.75, 3.05) is 7.11 Å². The standard InChI is InChI=1S/C14H32O4Si3/c1-12(16-19(3,4)5)13(15-2)14(17-20(6,7)8)18-21(9,10)11/h1H2,2-11H3. The topological polar surface area (TPSA) is 36.9 Å². The molecule has 21 heavy (non-hydrogen) atoms. The number of ether oxygens (including phenoxy) is 1. The van der Waals surface area contributed by atoms with E-state index in [1.165, 1.54) is 0 Å². The van der Waals surface area contributed by atoms with Gasteiger partial charge in [0.25, 0.3) is 5.95 Å². The molecule has 0 aromatic carbocycles. The van der Waals surface area contributed by atoms with Gasteiger partial charge >= 0.3 is 0 Å². The quantitative estimate of drug-likeness (QED) is 0.356. The average Bonchev–Trinajstić information content (AvgIpc) is 2.09. The molecule has 7 heteroatoms. The molecule has 0 aromatic heterocycles. The molecule has 0 rings (SSSR count). The van der Waals surface area contributed by atoms with Gasteiger partial charge in [-0.2, -0.15) is 0 Å². The van der Waals surface area contributed by atoms with Crippen molar-refractivity contribution >= 4 is 25.0 Å². The third-order valence-corrected chi connectivity index (χ3v) is 4.32. The predicted molar refractivity (Wildman–Crippen MR) is 96.5 cm³/mol. The highest BCUT2D eigenvalue weighted by Crippen LogP contribution is 2.26. The van der Waals surface area contributed by atoms with Crippen LogP contribution < -0.4 is 0 Å². The fraction of sp³-hybridized carbons (Fsp3) is 0.714. The molecule has 0 spiro atoms. The number of hydrogen-bond donors (Lipinski definition) is 0. The van der Waals surface area contributed by atoms with Crippen LogP contribution in [-0.2, 0) is 18.0 Å². The van der Waals surface area contributed by atoms with Gasteiger partial charge in [-0.1, -0.05) is 6.58 Å². The lowest BCUT2D eigenvalue weighted by Crippen LogP contribution is -2.33. The molecule has 0 amide bonds. The summed E-state index contributed by atoms with van der Waals surface area (Å²) in [6.07, 6.45) is 0. The molecular weight excluding hydrogens is 316 g/mol. The third-order valence-electron chi connectivity index (χ3n) is 1.87. The third kappa shape index (κ3) is 9.81. The molecule has 0 aliphatic rings. The minimum atomic E-state index is -1.83. The van der Waals surface area contributed by atoms with E-state index in [0.717, 1.165) is 0 Å². The lowest BCUT2D eigenvalue weighted by molar-refractivity contribution is 0.156. The highest BCUT2D eigenvalue weighted by molar-refractivity contribution is 6.71. The van der Waals surface area contributed by atoms with Gasteiger partial charge in [0.1, 0.15) is 5.76 Å². The largest absolute Gasteiger partial charge is 0.542 e. The zero-order valence-corrected chi connectivity index (χ0v) is 18.3. The van der Waals surface area contributed by atoms with E-state index in [-0.39, 0.29) is 0 Å². The van der Waals surface area contributed by atoms with Crippen LogP contribution in [-0.4, -0.2) is 32.1 Å². The lowest BCUT2D eigenvalue weighted by atomic mass is 10.4. The van der Waals surface area contributed by atoms with Crippen LogP contribution in [0, 0.1) is 0 Å². The van der Waals surface area contributed by atoms with Crippen molar-refractivity contribution in [3.8, 4) is 0 Å². The number of hydrogen-bond acceptors (Lipinski definition) is 4. The summed E-state index contributed by atoms with van der Waals surface area (Å²) in [7, 11) is -3.83. The minimum Gasteiger partial charge on any atom is -0.542 e. The van der Waals surface area contributed by atoms with E-state index >= 15 is 0 Å². The maximum Gasteiger partial charge on any atom is 0.299 e. The average molecular weight is 349 g/mol. The first-order valence-electron chi connectivity index (χ1n) is 7.19. The fourth-order valence-electron chi connectivity index (χ4n) is 1.40. The highest BCUT2D eigenvalue weighted by Gasteiger charge is 2.30. The van der Waals surface area contributed by atoms with E-state index in [1.807, 2.05) is 0 Å². The first kappa shape index (κ1) is 20.3. The second-order valence-corrected chi connectivity index (χ2v) is 21.2. The van der Waals surface area contributed by atoms with Crippen molar-refractivity contribution in [1.29, 1.82) is 0 Å². The van der Waals surface area contributed by atoms with Crippen LogP contribution in [0.2, 0.25) is 58.9 Å². The Labute approximate surface area is 133 Å². The van der Waals surface area contributed by atoms with E-state index in [0.29, 0.717) is 17.5 Å². The summed E-state index contributed by atoms with van der Waals surface area (Å²) in [5, 5.41) is 0. The van der Waals surface area contributed by atoms with Gasteiger partial charge in [0.2, 0.25) is 30.7 Å². The summed E-state index contributed by atoms with van der Waals surface area (Å²) in [5.74, 6) is 1.39. The van der Waals surface area contributed by atoms with E-state index in [2.05, 4.69) is 65.5 Å². The minimum absolute atomic E-state index is 0.430. The molecule has 0 N–H and O–H groups in total. The highest BCUT2D eigenvalue weighted by atomic mass is 28.4. The molecule has 0 bridgehead atoms. The summed E-state index contributed by atoms with van der Waals surface area (Å²) in [4.78, 5) is 0. The Morgan fingerprint density at radius 3 is 1.24 bits per heavy atom. The van der Waals surface area contributed by atoms with Gasteiger partial charge in [0.15, 0.2) is 0 Å². The van der Waals surface area contributed by atoms with Gasteiger partial charge in [0, 0.05) is 0 Å². The maximum absolute atomic E-state index is 6.08. The fourth-order valence-corrected chi connectivity index (χ4v) is 3.69. The van der Waals surface area contributed by atoms with E-state index < -0.39 is 25.0 Å². The van der Waals surface area contributed by atoms with Crippen molar-refractivity contribution in [2.45, 2.75) is 58.9 Å². The Morgan fingerprint density at radius 2 is 1.00 bits per heavy atom. The van der Waals surface area contributed by atoms with Crippen LogP contribution in [0.15, 0.2) is 24.0 Å². The zero-order valence-electron chi connectivity index (χ0n) is 15.3. The van der Waals surface area contributed by atoms with Crippen molar-refractivity contribution in [2.24, 2.45) is 0 Å². The summed E-state index contributed by atoms with van der Waals surface area (Å²) < 4.78 is 23.6. The Balaban J connectivity index is 5.59. The van der Waals surface area contributed by atoms with Gasteiger partial charge in [-0.05, 0) is 58.9 Å². The van der Waals surface area contributed by atoms with E-state index in [9.17, 15) is 0 Å². The van der Waals surface area contributed by atoms with Crippen LogP contribution in [0.1, 0.15) is 0 Å². The normalized spacial score (nSPS) is 12.5. The molecule has 0 radical (unpaired) electrons. The van der Waals surface area contributed by atoms with Crippen molar-refractivity contribution < 1.29 is 18.0 Å². The van der Waals surface area contributed by atoms with Crippen LogP contribution >= 0.6 is 0 Å².